The summed E-state index contributed by atoms with van der Waals surface area (Å²) in [6, 6.07) is 32.8. The molecule has 6 aromatic rings. The van der Waals surface area contributed by atoms with Crippen molar-refractivity contribution >= 4 is 0 Å². The van der Waals surface area contributed by atoms with Crippen molar-refractivity contribution in [1.82, 2.24) is 0 Å². The van der Waals surface area contributed by atoms with Gasteiger partial charge < -0.3 is 9.47 Å². The van der Waals surface area contributed by atoms with Crippen LogP contribution in [0.3, 0.4) is 0 Å². The first-order chi connectivity index (χ1) is 24.7. The molecule has 0 unspecified atom stereocenters. The number of ether oxygens (including phenoxy) is 2. The Balaban J connectivity index is 1.12. The first-order valence-electron chi connectivity index (χ1n) is 18.1. The molecular formula is C44H48N4O2+4. The van der Waals surface area contributed by atoms with Gasteiger partial charge in [0.05, 0.1) is 0 Å². The largest absolute Gasteiger partial charge is 0.487 e. The lowest BCUT2D eigenvalue weighted by molar-refractivity contribution is -0.697. The van der Waals surface area contributed by atoms with Gasteiger partial charge in [0, 0.05) is 65.7 Å². The number of rotatable bonds is 5. The molecule has 4 aromatic heterocycles. The quantitative estimate of drug-likeness (QED) is 0.149. The molecule has 6 nitrogen and oxygen atoms in total. The van der Waals surface area contributed by atoms with Crippen molar-refractivity contribution in [3.05, 3.63) is 157 Å². The standard InChI is InChI=1S/C44H48N4O2/c1-2-3-4-5-9-42-10-11-43-33-44(42)50-31-29-46-22-14-39(15-23-46)41-18-26-48(27-19-41)35-37-8-6-7-36(32-37)34-47-24-16-40(17-25-47)38-12-20-45(21-13-38)28-30-49-43/h6-8,10-27,32-33H,2-5,9,28-31,34-35H2,1H3/q+4. The molecule has 14 rings (SSSR count). The number of hydrogen-bond donors (Lipinski definition) is 0. The molecule has 6 heteroatoms. The van der Waals surface area contributed by atoms with Crippen molar-refractivity contribution in [1.29, 1.82) is 0 Å². The lowest BCUT2D eigenvalue weighted by Crippen LogP contribution is -2.36. The average Bonchev–Trinajstić information content (AvgIpc) is 3.15. The van der Waals surface area contributed by atoms with Gasteiger partial charge in [-0.1, -0.05) is 50.5 Å². The first-order valence-corrected chi connectivity index (χ1v) is 18.1. The Morgan fingerprint density at radius 2 is 1.00 bits per heavy atom. The van der Waals surface area contributed by atoms with Crippen molar-refractivity contribution in [3.63, 3.8) is 0 Å². The van der Waals surface area contributed by atoms with Gasteiger partial charge in [-0.05, 0) is 52.8 Å². The Bertz CT molecular complexity index is 1970. The summed E-state index contributed by atoms with van der Waals surface area (Å²) in [7, 11) is 0. The van der Waals surface area contributed by atoms with Crippen LogP contribution in [0.1, 0.15) is 49.3 Å². The third-order valence-corrected chi connectivity index (χ3v) is 9.52. The van der Waals surface area contributed by atoms with Gasteiger partial charge in [0.25, 0.3) is 0 Å². The van der Waals surface area contributed by atoms with Crippen LogP contribution in [0.25, 0.3) is 22.3 Å². The zero-order chi connectivity index (χ0) is 34.0. The zero-order valence-corrected chi connectivity index (χ0v) is 29.2. The first kappa shape index (κ1) is 33.2. The molecule has 2 aromatic carbocycles. The Morgan fingerprint density at radius 1 is 0.500 bits per heavy atom. The van der Waals surface area contributed by atoms with Crippen LogP contribution in [0.2, 0.25) is 0 Å². The molecule has 8 aliphatic rings. The fraction of sp³-hybridized carbons (Fsp3) is 0.273. The van der Waals surface area contributed by atoms with Crippen LogP contribution < -0.4 is 27.7 Å². The highest BCUT2D eigenvalue weighted by atomic mass is 16.5. The fourth-order valence-corrected chi connectivity index (χ4v) is 6.59. The number of aromatic nitrogens is 4. The Labute approximate surface area is 296 Å². The van der Waals surface area contributed by atoms with Crippen LogP contribution in [0, 0.1) is 0 Å². The molecule has 0 saturated heterocycles. The van der Waals surface area contributed by atoms with Crippen LogP contribution in [-0.4, -0.2) is 13.2 Å². The minimum atomic E-state index is 0.579. The molecule has 0 fully saturated rings. The van der Waals surface area contributed by atoms with E-state index in [0.29, 0.717) is 13.2 Å². The predicted octanol–water partition coefficient (Wildman–Crippen LogP) is 6.86. The molecule has 0 amide bonds. The van der Waals surface area contributed by atoms with Crippen LogP contribution in [0.5, 0.6) is 11.5 Å². The number of hydrogen-bond acceptors (Lipinski definition) is 2. The number of nitrogens with zero attached hydrogens (tertiary/aromatic N) is 4. The molecule has 0 N–H and O–H groups in total. The van der Waals surface area contributed by atoms with Crippen LogP contribution in [-0.2, 0) is 32.6 Å². The summed E-state index contributed by atoms with van der Waals surface area (Å²) in [5.41, 5.74) is 8.64. The number of pyridine rings is 4. The van der Waals surface area contributed by atoms with E-state index in [9.17, 15) is 0 Å². The maximum atomic E-state index is 6.44. The lowest BCUT2D eigenvalue weighted by Gasteiger charge is -2.13. The summed E-state index contributed by atoms with van der Waals surface area (Å²) in [5, 5.41) is 0. The highest BCUT2D eigenvalue weighted by Gasteiger charge is 2.13. The van der Waals surface area contributed by atoms with E-state index in [1.807, 2.05) is 0 Å². The Morgan fingerprint density at radius 3 is 1.52 bits per heavy atom. The summed E-state index contributed by atoms with van der Waals surface area (Å²) in [6.45, 7) is 6.61. The third kappa shape index (κ3) is 8.80. The van der Waals surface area contributed by atoms with Gasteiger partial charge in [-0.25, -0.2) is 18.3 Å². The molecule has 0 radical (unpaired) electrons. The van der Waals surface area contributed by atoms with E-state index in [4.69, 9.17) is 9.47 Å². The van der Waals surface area contributed by atoms with Gasteiger partial charge in [0.15, 0.2) is 75.8 Å². The van der Waals surface area contributed by atoms with Gasteiger partial charge in [-0.3, -0.25) is 0 Å². The topological polar surface area (TPSA) is 34.0 Å². The SMILES string of the molecule is CCCCCCc1ccc2cc1OCC[n+]1ccc(cc1)-c1cc[n+](cc1)Cc1cccc(c1)C[n+]1ccc(cc1)-c1cc[n+](cc1)CCO2. The van der Waals surface area contributed by atoms with E-state index < -0.39 is 0 Å². The second-order valence-corrected chi connectivity index (χ2v) is 13.3. The van der Waals surface area contributed by atoms with Crippen LogP contribution in [0.15, 0.2) is 141 Å². The molecule has 0 atom stereocenters. The number of benzene rings is 2. The maximum absolute atomic E-state index is 6.44. The van der Waals surface area contributed by atoms with Gasteiger partial charge >= 0.3 is 0 Å². The number of aryl methyl sites for hydroxylation is 1. The van der Waals surface area contributed by atoms with E-state index in [1.165, 1.54) is 64.6 Å². The van der Waals surface area contributed by atoms with Crippen LogP contribution >= 0.6 is 0 Å². The van der Waals surface area contributed by atoms with Crippen molar-refractivity contribution in [2.75, 3.05) is 13.2 Å². The average molecular weight is 665 g/mol. The second kappa shape index (κ2) is 16.4. The van der Waals surface area contributed by atoms with E-state index in [1.54, 1.807) is 0 Å². The molecule has 12 bridgehead atoms. The molecule has 50 heavy (non-hydrogen) atoms. The summed E-state index contributed by atoms with van der Waals surface area (Å²) in [4.78, 5) is 0. The summed E-state index contributed by atoms with van der Waals surface area (Å²) in [6.07, 6.45) is 23.2. The lowest BCUT2D eigenvalue weighted by atomic mass is 10.1. The molecule has 0 aliphatic carbocycles. The predicted molar refractivity (Wildman–Crippen MR) is 194 cm³/mol. The highest BCUT2D eigenvalue weighted by Crippen LogP contribution is 2.27. The normalized spacial score (nSPS) is 13.1. The van der Waals surface area contributed by atoms with Gasteiger partial charge in [-0.2, -0.15) is 0 Å². The second-order valence-electron chi connectivity index (χ2n) is 13.3. The minimum absolute atomic E-state index is 0.579. The van der Waals surface area contributed by atoms with E-state index in [0.717, 1.165) is 44.1 Å². The van der Waals surface area contributed by atoms with E-state index in [-0.39, 0.29) is 0 Å². The third-order valence-electron chi connectivity index (χ3n) is 9.52. The summed E-state index contributed by atoms with van der Waals surface area (Å²) in [5.74, 6) is 1.78. The summed E-state index contributed by atoms with van der Waals surface area (Å²) >= 11 is 0. The Kier molecular flexibility index (Phi) is 10.8. The molecule has 252 valence electrons. The molecule has 8 aliphatic heterocycles. The number of unbranched alkanes of at least 4 members (excludes halogenated alkanes) is 3. The van der Waals surface area contributed by atoms with Crippen LogP contribution in [0.4, 0.5) is 0 Å². The molecule has 0 saturated carbocycles. The summed E-state index contributed by atoms with van der Waals surface area (Å²) < 4.78 is 21.5. The van der Waals surface area contributed by atoms with Crippen molar-refractivity contribution < 1.29 is 27.7 Å². The zero-order valence-electron chi connectivity index (χ0n) is 29.2. The maximum Gasteiger partial charge on any atom is 0.182 e. The van der Waals surface area contributed by atoms with Gasteiger partial charge in [-0.15, -0.1) is 0 Å². The molecule has 12 heterocycles. The van der Waals surface area contributed by atoms with Crippen molar-refractivity contribution in [2.45, 2.75) is 65.2 Å². The monoisotopic (exact) mass is 664 g/mol. The molecular weight excluding hydrogens is 617 g/mol. The minimum Gasteiger partial charge on any atom is -0.487 e. The van der Waals surface area contributed by atoms with E-state index >= 15 is 0 Å². The highest BCUT2D eigenvalue weighted by molar-refractivity contribution is 5.61. The molecule has 0 spiro atoms. The Hall–Kier alpha value is -5.36. The van der Waals surface area contributed by atoms with Crippen molar-refractivity contribution in [3.8, 4) is 33.8 Å². The van der Waals surface area contributed by atoms with E-state index in [2.05, 4.69) is 166 Å². The van der Waals surface area contributed by atoms with Crippen molar-refractivity contribution in [2.24, 2.45) is 0 Å². The smallest absolute Gasteiger partial charge is 0.182 e. The van der Waals surface area contributed by atoms with Gasteiger partial charge in [0.1, 0.15) is 24.7 Å². The van der Waals surface area contributed by atoms with Gasteiger partial charge in [0.2, 0.25) is 0 Å². The fourth-order valence-electron chi connectivity index (χ4n) is 6.59.